The summed E-state index contributed by atoms with van der Waals surface area (Å²) in [5.74, 6) is -0.743. The van der Waals surface area contributed by atoms with Crippen molar-refractivity contribution in [2.75, 3.05) is 0 Å². The van der Waals surface area contributed by atoms with Gasteiger partial charge in [-0.25, -0.2) is 0 Å². The summed E-state index contributed by atoms with van der Waals surface area (Å²) in [6, 6.07) is 8.11. The van der Waals surface area contributed by atoms with E-state index in [2.05, 4.69) is 6.07 Å². The molecule has 20 heavy (non-hydrogen) atoms. The number of rotatable bonds is 3. The van der Waals surface area contributed by atoms with Crippen LogP contribution >= 0.6 is 0 Å². The molecule has 0 bridgehead atoms. The molecule has 1 atom stereocenters. The quantitative estimate of drug-likeness (QED) is 0.891. The lowest BCUT2D eigenvalue weighted by Crippen LogP contribution is -2.44. The van der Waals surface area contributed by atoms with Crippen molar-refractivity contribution in [3.63, 3.8) is 0 Å². The lowest BCUT2D eigenvalue weighted by Gasteiger charge is -2.39. The number of aliphatic carboxylic acids is 1. The molecule has 0 radical (unpaired) electrons. The first-order valence-corrected chi connectivity index (χ1v) is 7.56. The molecule has 3 rings (SSSR count). The first-order valence-electron chi connectivity index (χ1n) is 7.56. The van der Waals surface area contributed by atoms with Crippen LogP contribution in [0.15, 0.2) is 24.3 Å². The van der Waals surface area contributed by atoms with Gasteiger partial charge in [0.2, 0.25) is 0 Å². The van der Waals surface area contributed by atoms with E-state index in [-0.39, 0.29) is 0 Å². The molecule has 1 unspecified atom stereocenters. The number of aryl methyl sites for hydroxylation is 1. The molecule has 2 aliphatic carbocycles. The third-order valence-electron chi connectivity index (χ3n) is 5.18. The average Bonchev–Trinajstić information content (AvgIpc) is 2.84. The molecule has 0 spiro atoms. The van der Waals surface area contributed by atoms with Gasteiger partial charge in [-0.3, -0.25) is 4.79 Å². The largest absolute Gasteiger partial charge is 0.481 e. The molecule has 1 fully saturated rings. The molecule has 0 saturated heterocycles. The van der Waals surface area contributed by atoms with Crippen molar-refractivity contribution in [2.45, 2.75) is 57.0 Å². The molecule has 3 heteroatoms. The van der Waals surface area contributed by atoms with Crippen molar-refractivity contribution >= 4 is 5.97 Å². The van der Waals surface area contributed by atoms with E-state index in [9.17, 15) is 15.0 Å². The van der Waals surface area contributed by atoms with E-state index in [1.54, 1.807) is 0 Å². The summed E-state index contributed by atoms with van der Waals surface area (Å²) in [4.78, 5) is 11.9. The van der Waals surface area contributed by atoms with E-state index < -0.39 is 17.0 Å². The van der Waals surface area contributed by atoms with Crippen molar-refractivity contribution in [3.05, 3.63) is 35.4 Å². The predicted molar refractivity (Wildman–Crippen MR) is 76.6 cm³/mol. The Hall–Kier alpha value is -1.35. The van der Waals surface area contributed by atoms with Crippen LogP contribution in [-0.2, 0) is 17.6 Å². The molecule has 0 heterocycles. The Morgan fingerprint density at radius 3 is 2.40 bits per heavy atom. The summed E-state index contributed by atoms with van der Waals surface area (Å²) in [5, 5.41) is 20.4. The van der Waals surface area contributed by atoms with Gasteiger partial charge in [0, 0.05) is 0 Å². The van der Waals surface area contributed by atoms with Crippen molar-refractivity contribution in [3.8, 4) is 0 Å². The molecule has 1 saturated carbocycles. The molecular weight excluding hydrogens is 252 g/mol. The molecule has 0 aliphatic heterocycles. The number of carboxylic acids is 1. The smallest absolute Gasteiger partial charge is 0.310 e. The van der Waals surface area contributed by atoms with Crippen LogP contribution in [0.2, 0.25) is 0 Å². The number of carboxylic acid groups (broad SMARTS) is 1. The minimum Gasteiger partial charge on any atom is -0.481 e. The van der Waals surface area contributed by atoms with Crippen LogP contribution in [0.4, 0.5) is 0 Å². The summed E-state index contributed by atoms with van der Waals surface area (Å²) in [5.41, 5.74) is 0.864. The number of benzene rings is 1. The normalized spacial score (nSPS) is 28.1. The molecule has 1 aromatic carbocycles. The maximum absolute atomic E-state index is 11.9. The summed E-state index contributed by atoms with van der Waals surface area (Å²) in [6.45, 7) is 0. The van der Waals surface area contributed by atoms with E-state index in [0.29, 0.717) is 19.3 Å². The first kappa shape index (κ1) is 13.6. The average molecular weight is 274 g/mol. The van der Waals surface area contributed by atoms with Crippen LogP contribution in [0.5, 0.6) is 0 Å². The van der Waals surface area contributed by atoms with Gasteiger partial charge in [-0.2, -0.15) is 0 Å². The second-order valence-corrected chi connectivity index (χ2v) is 6.64. The molecule has 2 N–H and O–H groups in total. The Balaban J connectivity index is 1.89. The Morgan fingerprint density at radius 2 is 1.75 bits per heavy atom. The minimum absolute atomic E-state index is 0.406. The van der Waals surface area contributed by atoms with Gasteiger partial charge in [-0.1, -0.05) is 37.1 Å². The molecule has 1 aromatic rings. The third-order valence-corrected chi connectivity index (χ3v) is 5.18. The van der Waals surface area contributed by atoms with Gasteiger partial charge < -0.3 is 10.2 Å². The first-order chi connectivity index (χ1) is 9.53. The monoisotopic (exact) mass is 274 g/mol. The molecular formula is C17H22O3. The van der Waals surface area contributed by atoms with Crippen LogP contribution in [-0.4, -0.2) is 21.8 Å². The van der Waals surface area contributed by atoms with E-state index in [0.717, 1.165) is 37.7 Å². The van der Waals surface area contributed by atoms with Crippen LogP contribution in [0, 0.1) is 5.41 Å². The van der Waals surface area contributed by atoms with E-state index in [1.807, 2.05) is 18.2 Å². The number of fused-ring (bicyclic) bond motifs is 1. The van der Waals surface area contributed by atoms with Crippen LogP contribution in [0.25, 0.3) is 0 Å². The fourth-order valence-electron chi connectivity index (χ4n) is 4.05. The van der Waals surface area contributed by atoms with Gasteiger partial charge in [0.1, 0.15) is 0 Å². The second kappa shape index (κ2) is 4.88. The Labute approximate surface area is 119 Å². The molecule has 3 nitrogen and oxygen atoms in total. The lowest BCUT2D eigenvalue weighted by molar-refractivity contribution is -0.154. The Kier molecular flexibility index (Phi) is 3.33. The zero-order valence-corrected chi connectivity index (χ0v) is 11.8. The fraction of sp³-hybridized carbons (Fsp3) is 0.588. The summed E-state index contributed by atoms with van der Waals surface area (Å²) >= 11 is 0. The molecule has 0 aromatic heterocycles. The zero-order chi connectivity index (χ0) is 14.2. The SMILES string of the molecule is O=C(O)C1(CC2(O)CCCC2)CCc2ccccc2C1. The maximum Gasteiger partial charge on any atom is 0.310 e. The molecule has 2 aliphatic rings. The van der Waals surface area contributed by atoms with Crippen LogP contribution in [0.3, 0.4) is 0 Å². The molecule has 0 amide bonds. The van der Waals surface area contributed by atoms with Gasteiger partial charge in [0.05, 0.1) is 11.0 Å². The van der Waals surface area contributed by atoms with Crippen molar-refractivity contribution in [2.24, 2.45) is 5.41 Å². The van der Waals surface area contributed by atoms with E-state index in [4.69, 9.17) is 0 Å². The van der Waals surface area contributed by atoms with Crippen molar-refractivity contribution < 1.29 is 15.0 Å². The topological polar surface area (TPSA) is 57.5 Å². The van der Waals surface area contributed by atoms with Crippen LogP contribution in [0.1, 0.15) is 49.7 Å². The second-order valence-electron chi connectivity index (χ2n) is 6.64. The van der Waals surface area contributed by atoms with Crippen molar-refractivity contribution in [1.82, 2.24) is 0 Å². The fourth-order valence-corrected chi connectivity index (χ4v) is 4.05. The van der Waals surface area contributed by atoms with Gasteiger partial charge in [-0.15, -0.1) is 0 Å². The Morgan fingerprint density at radius 1 is 1.10 bits per heavy atom. The summed E-state index contributed by atoms with van der Waals surface area (Å²) in [7, 11) is 0. The van der Waals surface area contributed by atoms with Crippen LogP contribution < -0.4 is 0 Å². The van der Waals surface area contributed by atoms with E-state index >= 15 is 0 Å². The number of aliphatic hydroxyl groups is 1. The highest BCUT2D eigenvalue weighted by Crippen LogP contribution is 2.46. The Bertz CT molecular complexity index is 517. The highest BCUT2D eigenvalue weighted by Gasteiger charge is 2.48. The predicted octanol–water partition coefficient (Wildman–Crippen LogP) is 2.94. The number of hydrogen-bond acceptors (Lipinski definition) is 2. The van der Waals surface area contributed by atoms with Gasteiger partial charge in [-0.05, 0) is 49.7 Å². The summed E-state index contributed by atoms with van der Waals surface area (Å²) < 4.78 is 0. The van der Waals surface area contributed by atoms with E-state index in [1.165, 1.54) is 5.56 Å². The van der Waals surface area contributed by atoms with Gasteiger partial charge >= 0.3 is 5.97 Å². The van der Waals surface area contributed by atoms with Crippen molar-refractivity contribution in [1.29, 1.82) is 0 Å². The minimum atomic E-state index is -0.784. The standard InChI is InChI=1S/C17H22O3/c18-15(19)16(12-17(20)8-3-4-9-17)10-7-13-5-1-2-6-14(13)11-16/h1-2,5-6,20H,3-4,7-12H2,(H,18,19). The van der Waals surface area contributed by atoms with Gasteiger partial charge in [0.25, 0.3) is 0 Å². The highest BCUT2D eigenvalue weighted by molar-refractivity contribution is 5.76. The van der Waals surface area contributed by atoms with Gasteiger partial charge in [0.15, 0.2) is 0 Å². The highest BCUT2D eigenvalue weighted by atomic mass is 16.4. The number of carbonyl (C=O) groups is 1. The number of hydrogen-bond donors (Lipinski definition) is 2. The molecule has 108 valence electrons. The zero-order valence-electron chi connectivity index (χ0n) is 11.8. The lowest BCUT2D eigenvalue weighted by atomic mass is 9.66. The summed E-state index contributed by atoms with van der Waals surface area (Å²) in [6.07, 6.45) is 5.95. The maximum atomic E-state index is 11.9. The third kappa shape index (κ3) is 2.35.